The van der Waals surface area contributed by atoms with Gasteiger partial charge in [0.25, 0.3) is 0 Å². The lowest BCUT2D eigenvalue weighted by Gasteiger charge is -2.01. The Morgan fingerprint density at radius 3 is 3.07 bits per heavy atom. The molecule has 1 aromatic rings. The lowest BCUT2D eigenvalue weighted by molar-refractivity contribution is -0.142. The third kappa shape index (κ3) is 3.57. The highest BCUT2D eigenvalue weighted by Gasteiger charge is 2.03. The predicted molar refractivity (Wildman–Crippen MR) is 49.6 cm³/mol. The van der Waals surface area contributed by atoms with Gasteiger partial charge in [-0.25, -0.2) is 0 Å². The second-order valence-corrected chi connectivity index (χ2v) is 2.84. The Balaban J connectivity index is 2.18. The van der Waals surface area contributed by atoms with Crippen molar-refractivity contribution in [2.24, 2.45) is 0 Å². The van der Waals surface area contributed by atoms with Crippen LogP contribution in [0.1, 0.15) is 18.4 Å². The molecule has 0 aliphatic heterocycles. The van der Waals surface area contributed by atoms with Gasteiger partial charge in [0, 0.05) is 6.07 Å². The monoisotopic (exact) mass is 198 g/mol. The van der Waals surface area contributed by atoms with E-state index in [-0.39, 0.29) is 12.5 Å². The minimum Gasteiger partial charge on any atom is -0.465 e. The first-order valence-electron chi connectivity index (χ1n) is 4.51. The molecule has 1 heterocycles. The average molecular weight is 198 g/mol. The van der Waals surface area contributed by atoms with Crippen LogP contribution in [0.3, 0.4) is 0 Å². The Kier molecular flexibility index (Phi) is 4.12. The third-order valence-electron chi connectivity index (χ3n) is 1.55. The number of rotatable bonds is 5. The van der Waals surface area contributed by atoms with Crippen LogP contribution in [0.25, 0.3) is 0 Å². The second-order valence-electron chi connectivity index (χ2n) is 2.84. The summed E-state index contributed by atoms with van der Waals surface area (Å²) in [7, 11) is 0. The standard InChI is InChI=1S/C9H14N2O3/c1-3-13-9(12)6-10-5-8-4-7(2)11-14-8/h4,10H,3,5-6H2,1-2H3. The smallest absolute Gasteiger partial charge is 0.319 e. The summed E-state index contributed by atoms with van der Waals surface area (Å²) in [6.07, 6.45) is 0. The molecule has 1 aromatic heterocycles. The van der Waals surface area contributed by atoms with Crippen LogP contribution in [-0.4, -0.2) is 24.3 Å². The van der Waals surface area contributed by atoms with Crippen molar-refractivity contribution < 1.29 is 14.1 Å². The first kappa shape index (κ1) is 10.7. The molecular formula is C9H14N2O3. The van der Waals surface area contributed by atoms with Gasteiger partial charge in [0.2, 0.25) is 0 Å². The van der Waals surface area contributed by atoms with Crippen molar-refractivity contribution in [2.75, 3.05) is 13.2 Å². The summed E-state index contributed by atoms with van der Waals surface area (Å²) in [6, 6.07) is 1.82. The molecule has 14 heavy (non-hydrogen) atoms. The van der Waals surface area contributed by atoms with Crippen molar-refractivity contribution >= 4 is 5.97 Å². The van der Waals surface area contributed by atoms with Gasteiger partial charge in [-0.3, -0.25) is 10.1 Å². The highest BCUT2D eigenvalue weighted by molar-refractivity contribution is 5.71. The number of hydrogen-bond acceptors (Lipinski definition) is 5. The maximum Gasteiger partial charge on any atom is 0.319 e. The van der Waals surface area contributed by atoms with Gasteiger partial charge in [0.05, 0.1) is 25.4 Å². The number of ether oxygens (including phenoxy) is 1. The average Bonchev–Trinajstić information content (AvgIpc) is 2.52. The van der Waals surface area contributed by atoms with Crippen LogP contribution < -0.4 is 5.32 Å². The molecule has 0 saturated heterocycles. The van der Waals surface area contributed by atoms with Crippen LogP contribution in [0.4, 0.5) is 0 Å². The number of hydrogen-bond donors (Lipinski definition) is 1. The maximum absolute atomic E-state index is 10.9. The number of carbonyl (C=O) groups is 1. The lowest BCUT2D eigenvalue weighted by atomic mass is 10.4. The van der Waals surface area contributed by atoms with Crippen molar-refractivity contribution in [2.45, 2.75) is 20.4 Å². The Labute approximate surface area is 82.4 Å². The van der Waals surface area contributed by atoms with Crippen molar-refractivity contribution in [3.8, 4) is 0 Å². The molecule has 0 unspecified atom stereocenters. The molecule has 0 saturated carbocycles. The molecule has 5 nitrogen and oxygen atoms in total. The number of nitrogens with one attached hydrogen (secondary N) is 1. The zero-order chi connectivity index (χ0) is 10.4. The van der Waals surface area contributed by atoms with E-state index in [9.17, 15) is 4.79 Å². The van der Waals surface area contributed by atoms with E-state index in [4.69, 9.17) is 9.26 Å². The molecule has 0 aromatic carbocycles. The summed E-state index contributed by atoms with van der Waals surface area (Å²) in [4.78, 5) is 10.9. The molecule has 0 aliphatic rings. The minimum absolute atomic E-state index is 0.188. The Morgan fingerprint density at radius 1 is 1.71 bits per heavy atom. The predicted octanol–water partition coefficient (Wildman–Crippen LogP) is 0.636. The second kappa shape index (κ2) is 5.39. The summed E-state index contributed by atoms with van der Waals surface area (Å²) in [5.74, 6) is 0.454. The number of aromatic nitrogens is 1. The molecule has 1 rings (SSSR count). The van der Waals surface area contributed by atoms with Gasteiger partial charge < -0.3 is 9.26 Å². The highest BCUT2D eigenvalue weighted by Crippen LogP contribution is 2.00. The highest BCUT2D eigenvalue weighted by atomic mass is 16.5. The first-order chi connectivity index (χ1) is 6.72. The van der Waals surface area contributed by atoms with Crippen LogP contribution >= 0.6 is 0 Å². The maximum atomic E-state index is 10.9. The summed E-state index contributed by atoms with van der Waals surface area (Å²) in [5, 5.41) is 6.61. The van der Waals surface area contributed by atoms with Gasteiger partial charge in [-0.1, -0.05) is 5.16 Å². The zero-order valence-corrected chi connectivity index (χ0v) is 8.37. The third-order valence-corrected chi connectivity index (χ3v) is 1.55. The van der Waals surface area contributed by atoms with Gasteiger partial charge in [-0.05, 0) is 13.8 Å². The van der Waals surface area contributed by atoms with Crippen LogP contribution in [0.2, 0.25) is 0 Å². The molecule has 5 heteroatoms. The van der Waals surface area contributed by atoms with Gasteiger partial charge in [0.15, 0.2) is 5.76 Å². The van der Waals surface area contributed by atoms with Crippen LogP contribution in [0, 0.1) is 6.92 Å². The molecule has 0 amide bonds. The molecule has 0 atom stereocenters. The summed E-state index contributed by atoms with van der Waals surface area (Å²) >= 11 is 0. The van der Waals surface area contributed by atoms with Gasteiger partial charge in [0.1, 0.15) is 0 Å². The fraction of sp³-hybridized carbons (Fsp3) is 0.556. The molecule has 1 N–H and O–H groups in total. The lowest BCUT2D eigenvalue weighted by Crippen LogP contribution is -2.24. The molecular weight excluding hydrogens is 184 g/mol. The van der Waals surface area contributed by atoms with E-state index in [1.807, 2.05) is 13.0 Å². The van der Waals surface area contributed by atoms with Crippen LogP contribution in [0.15, 0.2) is 10.6 Å². The summed E-state index contributed by atoms with van der Waals surface area (Å²) < 4.78 is 9.68. The molecule has 78 valence electrons. The van der Waals surface area contributed by atoms with Crippen molar-refractivity contribution in [3.05, 3.63) is 17.5 Å². The van der Waals surface area contributed by atoms with Crippen LogP contribution in [-0.2, 0) is 16.1 Å². The number of aryl methyl sites for hydroxylation is 1. The molecule has 0 fully saturated rings. The van der Waals surface area contributed by atoms with Crippen molar-refractivity contribution in [3.63, 3.8) is 0 Å². The number of esters is 1. The normalized spacial score (nSPS) is 10.1. The van der Waals surface area contributed by atoms with Crippen molar-refractivity contribution in [1.29, 1.82) is 0 Å². The van der Waals surface area contributed by atoms with E-state index in [1.54, 1.807) is 6.92 Å². The number of nitrogens with zero attached hydrogens (tertiary/aromatic N) is 1. The SMILES string of the molecule is CCOC(=O)CNCc1cc(C)no1. The summed E-state index contributed by atoms with van der Waals surface area (Å²) in [5.41, 5.74) is 0.831. The number of carbonyl (C=O) groups excluding carboxylic acids is 1. The molecule has 0 spiro atoms. The zero-order valence-electron chi connectivity index (χ0n) is 8.37. The molecule has 0 radical (unpaired) electrons. The summed E-state index contributed by atoms with van der Waals surface area (Å²) in [6.45, 7) is 4.70. The van der Waals surface area contributed by atoms with Gasteiger partial charge in [-0.15, -0.1) is 0 Å². The van der Waals surface area contributed by atoms with Gasteiger partial charge >= 0.3 is 5.97 Å². The molecule has 0 aliphatic carbocycles. The fourth-order valence-corrected chi connectivity index (χ4v) is 0.999. The fourth-order valence-electron chi connectivity index (χ4n) is 0.999. The minimum atomic E-state index is -0.260. The Bertz CT molecular complexity index is 296. The van der Waals surface area contributed by atoms with E-state index in [2.05, 4.69) is 10.5 Å². The largest absolute Gasteiger partial charge is 0.465 e. The van der Waals surface area contributed by atoms with E-state index in [1.165, 1.54) is 0 Å². The molecule has 0 bridgehead atoms. The van der Waals surface area contributed by atoms with E-state index >= 15 is 0 Å². The van der Waals surface area contributed by atoms with E-state index < -0.39 is 0 Å². The first-order valence-corrected chi connectivity index (χ1v) is 4.51. The van der Waals surface area contributed by atoms with Gasteiger partial charge in [-0.2, -0.15) is 0 Å². The van der Waals surface area contributed by atoms with Crippen LogP contribution in [0.5, 0.6) is 0 Å². The quantitative estimate of drug-likeness (QED) is 0.703. The van der Waals surface area contributed by atoms with Crippen molar-refractivity contribution in [1.82, 2.24) is 10.5 Å². The van der Waals surface area contributed by atoms with E-state index in [0.29, 0.717) is 18.9 Å². The topological polar surface area (TPSA) is 64.4 Å². The van der Waals surface area contributed by atoms with E-state index in [0.717, 1.165) is 5.69 Å². The Morgan fingerprint density at radius 2 is 2.50 bits per heavy atom. The Hall–Kier alpha value is -1.36.